The van der Waals surface area contributed by atoms with Crippen molar-refractivity contribution in [1.82, 2.24) is 15.4 Å². The average molecular weight is 469 g/mol. The molecule has 1 saturated carbocycles. The third-order valence-electron chi connectivity index (χ3n) is 5.51. The van der Waals surface area contributed by atoms with Crippen LogP contribution < -0.4 is 19.5 Å². The van der Waals surface area contributed by atoms with Crippen LogP contribution in [0.5, 0.6) is 17.2 Å². The molecular formula is C24H27N3O7. The van der Waals surface area contributed by atoms with E-state index in [2.05, 4.69) is 10.5 Å². The van der Waals surface area contributed by atoms with Crippen LogP contribution in [0.3, 0.4) is 0 Å². The van der Waals surface area contributed by atoms with Crippen molar-refractivity contribution in [2.75, 3.05) is 27.9 Å². The quantitative estimate of drug-likeness (QED) is 0.455. The van der Waals surface area contributed by atoms with Gasteiger partial charge in [0.15, 0.2) is 23.0 Å². The minimum atomic E-state index is -0.327. The van der Waals surface area contributed by atoms with Crippen molar-refractivity contribution in [1.29, 1.82) is 0 Å². The fraction of sp³-hybridized carbons (Fsp3) is 0.375. The topological polar surface area (TPSA) is 116 Å². The van der Waals surface area contributed by atoms with Crippen molar-refractivity contribution in [2.24, 2.45) is 5.92 Å². The van der Waals surface area contributed by atoms with Crippen LogP contribution in [0.4, 0.5) is 0 Å². The van der Waals surface area contributed by atoms with Crippen molar-refractivity contribution in [3.05, 3.63) is 59.4 Å². The summed E-state index contributed by atoms with van der Waals surface area (Å²) in [5, 5.41) is 6.72. The van der Waals surface area contributed by atoms with Gasteiger partial charge >= 0.3 is 0 Å². The lowest BCUT2D eigenvalue weighted by Gasteiger charge is -2.21. The van der Waals surface area contributed by atoms with Gasteiger partial charge in [0.25, 0.3) is 11.8 Å². The van der Waals surface area contributed by atoms with Gasteiger partial charge < -0.3 is 33.4 Å². The number of amides is 2. The van der Waals surface area contributed by atoms with Gasteiger partial charge in [-0.2, -0.15) is 0 Å². The molecule has 2 heterocycles. The molecule has 1 aliphatic carbocycles. The predicted molar refractivity (Wildman–Crippen MR) is 120 cm³/mol. The Balaban J connectivity index is 1.57. The lowest BCUT2D eigenvalue weighted by molar-refractivity contribution is 0.0699. The van der Waals surface area contributed by atoms with Gasteiger partial charge in [-0.3, -0.25) is 9.59 Å². The van der Waals surface area contributed by atoms with Crippen molar-refractivity contribution in [2.45, 2.75) is 25.9 Å². The number of nitrogens with zero attached hydrogens (tertiary/aromatic N) is 2. The molecule has 3 aromatic rings. The van der Waals surface area contributed by atoms with Crippen LogP contribution in [0.15, 0.2) is 45.5 Å². The summed E-state index contributed by atoms with van der Waals surface area (Å²) in [6, 6.07) is 8.21. The van der Waals surface area contributed by atoms with Crippen LogP contribution in [0.2, 0.25) is 0 Å². The summed E-state index contributed by atoms with van der Waals surface area (Å²) in [6.07, 6.45) is 3.80. The Labute approximate surface area is 196 Å². The highest BCUT2D eigenvalue weighted by Gasteiger charge is 2.25. The number of hydrogen-bond acceptors (Lipinski definition) is 8. The van der Waals surface area contributed by atoms with Gasteiger partial charge in [0.05, 0.1) is 40.7 Å². The Kier molecular flexibility index (Phi) is 7.05. The predicted octanol–water partition coefficient (Wildman–Crippen LogP) is 3.28. The number of benzene rings is 1. The van der Waals surface area contributed by atoms with E-state index in [-0.39, 0.29) is 30.6 Å². The molecule has 10 heteroatoms. The Hall–Kier alpha value is -3.95. The normalized spacial score (nSPS) is 12.8. The second-order valence-corrected chi connectivity index (χ2v) is 7.99. The van der Waals surface area contributed by atoms with Gasteiger partial charge in [-0.05, 0) is 43.0 Å². The van der Waals surface area contributed by atoms with Crippen molar-refractivity contribution in [3.8, 4) is 17.2 Å². The number of aromatic nitrogens is 1. The van der Waals surface area contributed by atoms with E-state index in [1.165, 1.54) is 32.5 Å². The van der Waals surface area contributed by atoms with E-state index < -0.39 is 0 Å². The minimum absolute atomic E-state index is 0.0686. The molecule has 0 atom stereocenters. The molecule has 1 N–H and O–H groups in total. The molecule has 1 fully saturated rings. The molecule has 1 aliphatic rings. The van der Waals surface area contributed by atoms with E-state index in [9.17, 15) is 9.59 Å². The van der Waals surface area contributed by atoms with Crippen LogP contribution >= 0.6 is 0 Å². The van der Waals surface area contributed by atoms with E-state index in [0.29, 0.717) is 46.8 Å². The number of carbonyl (C=O) groups excluding carboxylic acids is 2. The maximum atomic E-state index is 13.5. The number of carbonyl (C=O) groups is 2. The summed E-state index contributed by atoms with van der Waals surface area (Å²) in [7, 11) is 4.46. The zero-order valence-corrected chi connectivity index (χ0v) is 19.3. The Bertz CT molecular complexity index is 1110. The van der Waals surface area contributed by atoms with E-state index in [4.69, 9.17) is 23.2 Å². The van der Waals surface area contributed by atoms with E-state index >= 15 is 0 Å². The zero-order chi connectivity index (χ0) is 24.1. The second-order valence-electron chi connectivity index (χ2n) is 7.99. The number of hydrogen-bond donors (Lipinski definition) is 1. The first kappa shape index (κ1) is 23.2. The summed E-state index contributed by atoms with van der Waals surface area (Å²) in [5.41, 5.74) is 0.497. The third kappa shape index (κ3) is 5.33. The molecule has 0 saturated heterocycles. The Morgan fingerprint density at radius 1 is 1.06 bits per heavy atom. The summed E-state index contributed by atoms with van der Waals surface area (Å²) < 4.78 is 26.9. The van der Waals surface area contributed by atoms with Gasteiger partial charge in [0.2, 0.25) is 5.75 Å². The van der Waals surface area contributed by atoms with E-state index in [1.54, 1.807) is 30.3 Å². The standard InChI is InChI=1S/C24H27N3O7/c1-30-20-9-16(10-21(31-2)22(20)32-3)24(29)27(13-17-5-4-8-33-17)14-18-11-19(26-34-18)23(28)25-12-15-6-7-15/h4-5,8-11,15H,6-7,12-14H2,1-3H3,(H,25,28). The molecule has 0 radical (unpaired) electrons. The molecule has 180 valence electrons. The highest BCUT2D eigenvalue weighted by Crippen LogP contribution is 2.38. The fourth-order valence-corrected chi connectivity index (χ4v) is 3.51. The summed E-state index contributed by atoms with van der Waals surface area (Å²) in [4.78, 5) is 27.4. The van der Waals surface area contributed by atoms with Crippen LogP contribution in [0.1, 0.15) is 45.2 Å². The summed E-state index contributed by atoms with van der Waals surface area (Å²) >= 11 is 0. The highest BCUT2D eigenvalue weighted by molar-refractivity contribution is 5.95. The Morgan fingerprint density at radius 2 is 1.76 bits per heavy atom. The molecule has 34 heavy (non-hydrogen) atoms. The maximum Gasteiger partial charge on any atom is 0.273 e. The SMILES string of the molecule is COc1cc(C(=O)N(Cc2ccco2)Cc2cc(C(=O)NCC3CC3)no2)cc(OC)c1OC. The molecule has 2 aromatic heterocycles. The minimum Gasteiger partial charge on any atom is -0.493 e. The number of methoxy groups -OCH3 is 3. The third-order valence-corrected chi connectivity index (χ3v) is 5.51. The van der Waals surface area contributed by atoms with Gasteiger partial charge in [-0.1, -0.05) is 5.16 Å². The first-order chi connectivity index (χ1) is 16.5. The van der Waals surface area contributed by atoms with Crippen molar-refractivity contribution < 1.29 is 32.7 Å². The largest absolute Gasteiger partial charge is 0.493 e. The maximum absolute atomic E-state index is 13.5. The molecule has 10 nitrogen and oxygen atoms in total. The second kappa shape index (κ2) is 10.3. The van der Waals surface area contributed by atoms with Crippen molar-refractivity contribution >= 4 is 11.8 Å². The average Bonchev–Trinajstić information content (AvgIpc) is 3.32. The molecule has 0 unspecified atom stereocenters. The zero-order valence-electron chi connectivity index (χ0n) is 19.3. The molecule has 0 bridgehead atoms. The smallest absolute Gasteiger partial charge is 0.273 e. The van der Waals surface area contributed by atoms with Crippen LogP contribution in [0, 0.1) is 5.92 Å². The molecular weight excluding hydrogens is 442 g/mol. The van der Waals surface area contributed by atoms with Gasteiger partial charge in [0.1, 0.15) is 5.76 Å². The van der Waals surface area contributed by atoms with Gasteiger partial charge in [-0.15, -0.1) is 0 Å². The lowest BCUT2D eigenvalue weighted by Crippen LogP contribution is -2.30. The van der Waals surface area contributed by atoms with Gasteiger partial charge in [0, 0.05) is 18.2 Å². The molecule has 0 spiro atoms. The number of rotatable bonds is 11. The van der Waals surface area contributed by atoms with E-state index in [1.807, 2.05) is 0 Å². The lowest BCUT2D eigenvalue weighted by atomic mass is 10.1. The number of nitrogens with one attached hydrogen (secondary N) is 1. The molecule has 1 aromatic carbocycles. The van der Waals surface area contributed by atoms with Crippen LogP contribution in [0.25, 0.3) is 0 Å². The molecule has 4 rings (SSSR count). The number of ether oxygens (including phenoxy) is 3. The van der Waals surface area contributed by atoms with Crippen LogP contribution in [-0.4, -0.2) is 49.7 Å². The fourth-order valence-electron chi connectivity index (χ4n) is 3.51. The van der Waals surface area contributed by atoms with Crippen molar-refractivity contribution in [3.63, 3.8) is 0 Å². The summed E-state index contributed by atoms with van der Waals surface area (Å²) in [6.45, 7) is 0.872. The van der Waals surface area contributed by atoms with Gasteiger partial charge in [-0.25, -0.2) is 0 Å². The first-order valence-electron chi connectivity index (χ1n) is 10.9. The monoisotopic (exact) mass is 469 g/mol. The Morgan fingerprint density at radius 3 is 2.35 bits per heavy atom. The first-order valence-corrected chi connectivity index (χ1v) is 10.9. The summed E-state index contributed by atoms with van der Waals surface area (Å²) in [5.74, 6) is 1.98. The van der Waals surface area contributed by atoms with Crippen LogP contribution in [-0.2, 0) is 13.1 Å². The van der Waals surface area contributed by atoms with E-state index in [0.717, 1.165) is 12.8 Å². The molecule has 0 aliphatic heterocycles. The number of furan rings is 1. The molecule has 2 amide bonds. The highest BCUT2D eigenvalue weighted by atomic mass is 16.5.